The predicted octanol–water partition coefficient (Wildman–Crippen LogP) is 9.95. The third-order valence-corrected chi connectivity index (χ3v) is 9.64. The van der Waals surface area contributed by atoms with Crippen LogP contribution in [-0.4, -0.2) is 37.1 Å². The molecule has 5 rings (SSSR count). The van der Waals surface area contributed by atoms with Gasteiger partial charge in [-0.25, -0.2) is 0 Å². The molecule has 1 atom stereocenters. The Balaban J connectivity index is 1.39. The van der Waals surface area contributed by atoms with Gasteiger partial charge in [-0.05, 0) is 77.2 Å². The summed E-state index contributed by atoms with van der Waals surface area (Å²) in [5.74, 6) is -2.55. The molecule has 0 heterocycles. The number of hydrogen-bond donors (Lipinski definition) is 3. The number of alkyl halides is 6. The average molecular weight is 810 g/mol. The fourth-order valence-electron chi connectivity index (χ4n) is 5.49. The largest absolute Gasteiger partial charge is 0.416 e. The Kier molecular flexibility index (Phi) is 12.1. The second-order valence-electron chi connectivity index (χ2n) is 12.1. The van der Waals surface area contributed by atoms with Crippen molar-refractivity contribution in [3.63, 3.8) is 0 Å². The molecule has 1 unspecified atom stereocenters. The molecule has 54 heavy (non-hydrogen) atoms. The first-order valence-electron chi connectivity index (χ1n) is 15.9. The normalized spacial score (nSPS) is 12.6. The molecule has 0 saturated carbocycles. The molecular weight excluding hydrogens is 781 g/mol. The van der Waals surface area contributed by atoms with Crippen LogP contribution in [0, 0.1) is 0 Å². The minimum absolute atomic E-state index is 0.107. The molecule has 0 fully saturated rings. The summed E-state index contributed by atoms with van der Waals surface area (Å²) in [4.78, 5) is 26.3. The van der Waals surface area contributed by atoms with Gasteiger partial charge in [0, 0.05) is 39.0 Å². The molecule has 2 amide bonds. The number of anilines is 1. The number of halogens is 8. The van der Waals surface area contributed by atoms with Crippen molar-refractivity contribution >= 4 is 50.8 Å². The van der Waals surface area contributed by atoms with Crippen molar-refractivity contribution in [3.8, 4) is 22.3 Å². The van der Waals surface area contributed by atoms with Crippen molar-refractivity contribution in [2.24, 2.45) is 0 Å². The summed E-state index contributed by atoms with van der Waals surface area (Å²) in [6.07, 6.45) is -9.02. The Morgan fingerprint density at radius 1 is 0.685 bits per heavy atom. The summed E-state index contributed by atoms with van der Waals surface area (Å²) >= 11 is 12.4. The third kappa shape index (κ3) is 10.4. The van der Waals surface area contributed by atoms with Gasteiger partial charge in [0.1, 0.15) is 0 Å². The number of benzene rings is 5. The van der Waals surface area contributed by atoms with E-state index in [2.05, 4.69) is 10.6 Å². The van der Waals surface area contributed by atoms with Crippen LogP contribution in [0.5, 0.6) is 0 Å². The predicted molar refractivity (Wildman–Crippen MR) is 194 cm³/mol. The van der Waals surface area contributed by atoms with Crippen LogP contribution in [0.3, 0.4) is 0 Å². The van der Waals surface area contributed by atoms with E-state index in [0.717, 1.165) is 24.3 Å². The Morgan fingerprint density at radius 3 is 1.61 bits per heavy atom. The molecule has 16 heteroatoms. The number of carbonyl (C=O) groups is 2. The number of amides is 2. The number of rotatable bonds is 11. The van der Waals surface area contributed by atoms with Crippen molar-refractivity contribution in [1.82, 2.24) is 5.32 Å². The minimum Gasteiger partial charge on any atom is -0.351 e. The summed E-state index contributed by atoms with van der Waals surface area (Å²) in [7, 11) is -4.27. The molecule has 0 aliphatic rings. The summed E-state index contributed by atoms with van der Waals surface area (Å²) in [5, 5.41) is 5.01. The van der Waals surface area contributed by atoms with Gasteiger partial charge in [-0.1, -0.05) is 83.9 Å². The SMILES string of the molecule is O=C(NCCS(=O)(=O)O)c1ccc(CC(C(=O)Nc2ccc(-c3ccc(C(F)(F)F)cc3Cl)cc2)c2ccc(-c3ccc(C(F)(F)F)cc3Cl)cc2)cc1. The van der Waals surface area contributed by atoms with E-state index in [1.165, 1.54) is 24.3 Å². The first-order chi connectivity index (χ1) is 25.3. The molecule has 5 aromatic carbocycles. The fraction of sp³-hybridized carbons (Fsp3) is 0.158. The smallest absolute Gasteiger partial charge is 0.351 e. The molecule has 0 saturated heterocycles. The lowest BCUT2D eigenvalue weighted by Gasteiger charge is -2.19. The van der Waals surface area contributed by atoms with Gasteiger partial charge in [0.15, 0.2) is 0 Å². The van der Waals surface area contributed by atoms with Gasteiger partial charge in [0.2, 0.25) is 5.91 Å². The maximum Gasteiger partial charge on any atom is 0.416 e. The van der Waals surface area contributed by atoms with Crippen LogP contribution in [-0.2, 0) is 33.7 Å². The number of carbonyl (C=O) groups excluding carboxylic acids is 2. The molecule has 0 bridgehead atoms. The van der Waals surface area contributed by atoms with Crippen LogP contribution in [0.4, 0.5) is 32.0 Å². The van der Waals surface area contributed by atoms with E-state index in [4.69, 9.17) is 27.8 Å². The molecule has 0 aliphatic carbocycles. The first kappa shape index (κ1) is 40.3. The topological polar surface area (TPSA) is 113 Å². The molecule has 0 aliphatic heterocycles. The van der Waals surface area contributed by atoms with Crippen molar-refractivity contribution in [1.29, 1.82) is 0 Å². The second kappa shape index (κ2) is 16.2. The lowest BCUT2D eigenvalue weighted by Crippen LogP contribution is -2.28. The Hall–Kier alpha value is -4.89. The molecular formula is C38H28Cl2F6N2O5S. The van der Waals surface area contributed by atoms with Crippen molar-refractivity contribution in [2.45, 2.75) is 24.7 Å². The molecule has 282 valence electrons. The monoisotopic (exact) mass is 808 g/mol. The number of nitrogens with one attached hydrogen (secondary N) is 2. The van der Waals surface area contributed by atoms with E-state index < -0.39 is 57.1 Å². The van der Waals surface area contributed by atoms with E-state index in [1.54, 1.807) is 60.7 Å². The van der Waals surface area contributed by atoms with Gasteiger partial charge in [-0.3, -0.25) is 14.1 Å². The van der Waals surface area contributed by atoms with Crippen LogP contribution < -0.4 is 10.6 Å². The summed E-state index contributed by atoms with van der Waals surface area (Å²) < 4.78 is 110. The van der Waals surface area contributed by atoms with E-state index in [-0.39, 0.29) is 28.6 Å². The number of hydrogen-bond acceptors (Lipinski definition) is 4. The van der Waals surface area contributed by atoms with Crippen molar-refractivity contribution < 1.29 is 48.9 Å². The zero-order valence-corrected chi connectivity index (χ0v) is 29.9. The maximum atomic E-state index is 13.9. The van der Waals surface area contributed by atoms with Gasteiger partial charge in [-0.2, -0.15) is 34.8 Å². The van der Waals surface area contributed by atoms with E-state index in [9.17, 15) is 44.3 Å². The third-order valence-electron chi connectivity index (χ3n) is 8.30. The first-order valence-corrected chi connectivity index (χ1v) is 18.2. The Morgan fingerprint density at radius 2 is 1.17 bits per heavy atom. The highest BCUT2D eigenvalue weighted by Crippen LogP contribution is 2.38. The van der Waals surface area contributed by atoms with Crippen molar-refractivity contribution in [2.75, 3.05) is 17.6 Å². The van der Waals surface area contributed by atoms with E-state index in [0.29, 0.717) is 39.1 Å². The molecule has 0 radical (unpaired) electrons. The Labute approximate surface area is 315 Å². The molecule has 0 aromatic heterocycles. The molecule has 7 nitrogen and oxygen atoms in total. The fourth-order valence-corrected chi connectivity index (χ4v) is 6.43. The van der Waals surface area contributed by atoms with Gasteiger partial charge >= 0.3 is 12.4 Å². The van der Waals surface area contributed by atoms with Crippen LogP contribution in [0.1, 0.15) is 38.5 Å². The maximum absolute atomic E-state index is 13.9. The highest BCUT2D eigenvalue weighted by atomic mass is 35.5. The lowest BCUT2D eigenvalue weighted by atomic mass is 9.89. The van der Waals surface area contributed by atoms with Crippen molar-refractivity contribution in [3.05, 3.63) is 147 Å². The zero-order chi connectivity index (χ0) is 39.4. The summed E-state index contributed by atoms with van der Waals surface area (Å²) in [5.41, 5.74) is 1.62. The van der Waals surface area contributed by atoms with Gasteiger partial charge in [0.05, 0.1) is 22.8 Å². The zero-order valence-electron chi connectivity index (χ0n) is 27.6. The van der Waals surface area contributed by atoms with E-state index in [1.807, 2.05) is 0 Å². The van der Waals surface area contributed by atoms with Gasteiger partial charge < -0.3 is 10.6 Å². The molecule has 0 spiro atoms. The Bertz CT molecular complexity index is 2270. The quantitative estimate of drug-likeness (QED) is 0.0909. The summed E-state index contributed by atoms with van der Waals surface area (Å²) in [6.45, 7) is -0.312. The van der Waals surface area contributed by atoms with Crippen LogP contribution >= 0.6 is 23.2 Å². The second-order valence-corrected chi connectivity index (χ2v) is 14.5. The molecule has 3 N–H and O–H groups in total. The highest BCUT2D eigenvalue weighted by Gasteiger charge is 2.32. The van der Waals surface area contributed by atoms with Crippen LogP contribution in [0.15, 0.2) is 109 Å². The van der Waals surface area contributed by atoms with Gasteiger partial charge in [-0.15, -0.1) is 0 Å². The highest BCUT2D eigenvalue weighted by molar-refractivity contribution is 7.85. The van der Waals surface area contributed by atoms with Crippen LogP contribution in [0.2, 0.25) is 10.0 Å². The average Bonchev–Trinajstić information content (AvgIpc) is 3.10. The van der Waals surface area contributed by atoms with Gasteiger partial charge in [0.25, 0.3) is 16.0 Å². The minimum atomic E-state index is -4.58. The summed E-state index contributed by atoms with van der Waals surface area (Å²) in [6, 6.07) is 25.0. The molecule has 5 aromatic rings. The van der Waals surface area contributed by atoms with Crippen LogP contribution in [0.25, 0.3) is 22.3 Å². The van der Waals surface area contributed by atoms with E-state index >= 15 is 0 Å². The standard InChI is InChI=1S/C38H28Cl2F6N2O5S/c39-33-20-27(37(41,42)43)11-15-30(33)23-5-7-25(8-6-23)32(19-22-1-3-26(4-2-22)35(49)47-17-18-54(51,52)53)36(50)48-29-13-9-24(10-14-29)31-16-12-28(21-34(31)40)38(44,45)46/h1-16,20-21,32H,17-19H2,(H,47,49)(H,48,50)(H,51,52,53). The lowest BCUT2D eigenvalue weighted by molar-refractivity contribution is -0.138.